The van der Waals surface area contributed by atoms with E-state index in [2.05, 4.69) is 26.8 Å². The maximum atomic E-state index is 6.11. The molecule has 1 saturated carbocycles. The van der Waals surface area contributed by atoms with E-state index in [1.807, 2.05) is 0 Å². The number of aromatic nitrogens is 3. The van der Waals surface area contributed by atoms with Crippen molar-refractivity contribution in [2.45, 2.75) is 62.3 Å². The molecule has 2 atom stereocenters. The Labute approximate surface area is 136 Å². The topological polar surface area (TPSA) is 41.9 Å². The van der Waals surface area contributed by atoms with E-state index in [1.54, 1.807) is 11.8 Å². The lowest BCUT2D eigenvalue weighted by Gasteiger charge is -2.27. The molecule has 0 spiro atoms. The largest absolute Gasteiger partial charge is 0.341 e. The molecule has 2 aliphatic rings. The Hall–Kier alpha value is -0.550. The van der Waals surface area contributed by atoms with Crippen LogP contribution in [0.1, 0.15) is 51.9 Å². The molecule has 2 fully saturated rings. The van der Waals surface area contributed by atoms with Gasteiger partial charge in [0, 0.05) is 18.3 Å². The second-order valence-corrected chi connectivity index (χ2v) is 7.85. The number of piperidine rings is 1. The van der Waals surface area contributed by atoms with Crippen molar-refractivity contribution < 1.29 is 0 Å². The van der Waals surface area contributed by atoms with Crippen molar-refractivity contribution in [3.8, 4) is 0 Å². The first-order valence-electron chi connectivity index (χ1n) is 8.04. The Kier molecular flexibility index (Phi) is 5.22. The van der Waals surface area contributed by atoms with Gasteiger partial charge in [-0.2, -0.15) is 15.0 Å². The van der Waals surface area contributed by atoms with Crippen LogP contribution in [0.15, 0.2) is 5.16 Å². The van der Waals surface area contributed by atoms with Gasteiger partial charge in [0.2, 0.25) is 11.2 Å². The molecule has 0 radical (unpaired) electrons. The van der Waals surface area contributed by atoms with Crippen LogP contribution in [-0.2, 0) is 0 Å². The minimum Gasteiger partial charge on any atom is -0.341 e. The molecule has 0 aromatic carbocycles. The van der Waals surface area contributed by atoms with Crippen molar-refractivity contribution in [3.05, 3.63) is 5.28 Å². The van der Waals surface area contributed by atoms with Crippen molar-refractivity contribution in [2.75, 3.05) is 18.0 Å². The second kappa shape index (κ2) is 7.14. The highest BCUT2D eigenvalue weighted by molar-refractivity contribution is 7.99. The van der Waals surface area contributed by atoms with Crippen LogP contribution in [0.5, 0.6) is 0 Å². The minimum absolute atomic E-state index is 0.330. The molecule has 1 aliphatic carbocycles. The summed E-state index contributed by atoms with van der Waals surface area (Å²) < 4.78 is 0. The van der Waals surface area contributed by atoms with Gasteiger partial charge in [-0.15, -0.1) is 0 Å². The molecule has 0 amide bonds. The molecule has 0 bridgehead atoms. The lowest BCUT2D eigenvalue weighted by molar-refractivity contribution is 0.394. The van der Waals surface area contributed by atoms with Gasteiger partial charge >= 0.3 is 0 Å². The number of thioether (sulfide) groups is 1. The van der Waals surface area contributed by atoms with Crippen LogP contribution in [0.3, 0.4) is 0 Å². The van der Waals surface area contributed by atoms with Crippen LogP contribution in [0.2, 0.25) is 5.28 Å². The SMILES string of the molecule is CC1CCCC(Sc2nc(Cl)nc(N3CCCCC3)n2)C1. The summed E-state index contributed by atoms with van der Waals surface area (Å²) in [5.41, 5.74) is 0. The van der Waals surface area contributed by atoms with Gasteiger partial charge in [0.1, 0.15) is 0 Å². The van der Waals surface area contributed by atoms with Gasteiger partial charge < -0.3 is 4.90 Å². The summed E-state index contributed by atoms with van der Waals surface area (Å²) in [6, 6.07) is 0. The van der Waals surface area contributed by atoms with E-state index in [0.717, 1.165) is 30.1 Å². The Bertz CT molecular complexity index is 479. The molecule has 6 heteroatoms. The molecule has 116 valence electrons. The van der Waals surface area contributed by atoms with Gasteiger partial charge in [-0.25, -0.2) is 0 Å². The molecule has 21 heavy (non-hydrogen) atoms. The van der Waals surface area contributed by atoms with Crippen molar-refractivity contribution in [1.82, 2.24) is 15.0 Å². The molecule has 1 aromatic heterocycles. The number of nitrogens with zero attached hydrogens (tertiary/aromatic N) is 4. The number of anilines is 1. The molecular weight excluding hydrogens is 304 g/mol. The normalized spacial score (nSPS) is 26.9. The highest BCUT2D eigenvalue weighted by Gasteiger charge is 2.22. The third-order valence-corrected chi connectivity index (χ3v) is 5.70. The van der Waals surface area contributed by atoms with E-state index < -0.39 is 0 Å². The number of rotatable bonds is 3. The standard InChI is InChI=1S/C15H23ClN4S/c1-11-6-5-7-12(10-11)21-15-18-13(16)17-14(19-15)20-8-3-2-4-9-20/h11-12H,2-10H2,1H3. The zero-order valence-corrected chi connectivity index (χ0v) is 14.2. The highest BCUT2D eigenvalue weighted by Crippen LogP contribution is 2.35. The smallest absolute Gasteiger partial charge is 0.230 e. The monoisotopic (exact) mass is 326 g/mol. The summed E-state index contributed by atoms with van der Waals surface area (Å²) >= 11 is 7.90. The first kappa shape index (κ1) is 15.3. The summed E-state index contributed by atoms with van der Waals surface area (Å²) in [5.74, 6) is 1.58. The molecule has 2 heterocycles. The molecule has 4 nitrogen and oxygen atoms in total. The first-order chi connectivity index (χ1) is 10.2. The van der Waals surface area contributed by atoms with Crippen LogP contribution in [0, 0.1) is 5.92 Å². The fourth-order valence-electron chi connectivity index (χ4n) is 3.24. The summed E-state index contributed by atoms with van der Waals surface area (Å²) in [6.07, 6.45) is 8.92. The lowest BCUT2D eigenvalue weighted by atomic mass is 9.91. The Morgan fingerprint density at radius 1 is 1.05 bits per heavy atom. The predicted octanol–water partition coefficient (Wildman–Crippen LogP) is 4.19. The average Bonchev–Trinajstić information content (AvgIpc) is 2.47. The third-order valence-electron chi connectivity index (χ3n) is 4.38. The van der Waals surface area contributed by atoms with Crippen molar-refractivity contribution in [2.24, 2.45) is 5.92 Å². The predicted molar refractivity (Wildman–Crippen MR) is 88.2 cm³/mol. The lowest BCUT2D eigenvalue weighted by Crippen LogP contribution is -2.31. The van der Waals surface area contributed by atoms with E-state index in [9.17, 15) is 0 Å². The Morgan fingerprint density at radius 3 is 2.62 bits per heavy atom. The summed E-state index contributed by atoms with van der Waals surface area (Å²) in [6.45, 7) is 4.40. The average molecular weight is 327 g/mol. The molecule has 2 unspecified atom stereocenters. The van der Waals surface area contributed by atoms with Crippen molar-refractivity contribution >= 4 is 29.3 Å². The van der Waals surface area contributed by atoms with Crippen molar-refractivity contribution in [1.29, 1.82) is 0 Å². The third kappa shape index (κ3) is 4.22. The van der Waals surface area contributed by atoms with Gasteiger partial charge in [-0.3, -0.25) is 0 Å². The van der Waals surface area contributed by atoms with Crippen LogP contribution < -0.4 is 4.90 Å². The van der Waals surface area contributed by atoms with E-state index in [-0.39, 0.29) is 0 Å². The number of hydrogen-bond acceptors (Lipinski definition) is 5. The molecule has 1 aliphatic heterocycles. The quantitative estimate of drug-likeness (QED) is 0.833. The second-order valence-electron chi connectivity index (χ2n) is 6.25. The maximum Gasteiger partial charge on any atom is 0.230 e. The number of hydrogen-bond donors (Lipinski definition) is 0. The van der Waals surface area contributed by atoms with Gasteiger partial charge in [-0.1, -0.05) is 31.5 Å². The molecule has 0 N–H and O–H groups in total. The summed E-state index contributed by atoms with van der Waals surface area (Å²) in [7, 11) is 0. The Balaban J connectivity index is 1.71. The summed E-state index contributed by atoms with van der Waals surface area (Å²) in [5, 5.41) is 1.76. The highest BCUT2D eigenvalue weighted by atomic mass is 35.5. The van der Waals surface area contributed by atoms with E-state index >= 15 is 0 Å². The Morgan fingerprint density at radius 2 is 1.86 bits per heavy atom. The zero-order chi connectivity index (χ0) is 14.7. The zero-order valence-electron chi connectivity index (χ0n) is 12.6. The number of halogens is 1. The maximum absolute atomic E-state index is 6.11. The van der Waals surface area contributed by atoms with Crippen LogP contribution in [0.4, 0.5) is 5.95 Å². The van der Waals surface area contributed by atoms with Crippen LogP contribution in [0.25, 0.3) is 0 Å². The van der Waals surface area contributed by atoms with Crippen LogP contribution in [-0.4, -0.2) is 33.3 Å². The van der Waals surface area contributed by atoms with E-state index in [4.69, 9.17) is 11.6 Å². The first-order valence-corrected chi connectivity index (χ1v) is 9.29. The fourth-order valence-corrected chi connectivity index (χ4v) is 4.73. The van der Waals surface area contributed by atoms with Crippen LogP contribution >= 0.6 is 23.4 Å². The molecule has 1 aromatic rings. The van der Waals surface area contributed by atoms with Gasteiger partial charge in [0.05, 0.1) is 0 Å². The van der Waals surface area contributed by atoms with Crippen molar-refractivity contribution in [3.63, 3.8) is 0 Å². The molecule has 3 rings (SSSR count). The van der Waals surface area contributed by atoms with Gasteiger partial charge in [-0.05, 0) is 49.6 Å². The van der Waals surface area contributed by atoms with Gasteiger partial charge in [0.15, 0.2) is 5.16 Å². The van der Waals surface area contributed by atoms with E-state index in [1.165, 1.54) is 44.9 Å². The molecular formula is C15H23ClN4S. The van der Waals surface area contributed by atoms with Gasteiger partial charge in [0.25, 0.3) is 0 Å². The fraction of sp³-hybridized carbons (Fsp3) is 0.800. The minimum atomic E-state index is 0.330. The van der Waals surface area contributed by atoms with E-state index in [0.29, 0.717) is 10.5 Å². The summed E-state index contributed by atoms with van der Waals surface area (Å²) in [4.78, 5) is 15.5. The molecule has 1 saturated heterocycles.